The van der Waals surface area contributed by atoms with Crippen LogP contribution in [0.15, 0.2) is 30.6 Å². The molecule has 1 aliphatic heterocycles. The molecule has 2 aromatic rings. The van der Waals surface area contributed by atoms with Crippen molar-refractivity contribution in [1.29, 1.82) is 0 Å². The zero-order valence-corrected chi connectivity index (χ0v) is 12.8. The number of likely N-dealkylation sites (tertiary alicyclic amines) is 1. The first-order chi connectivity index (χ1) is 10.6. The van der Waals surface area contributed by atoms with Crippen molar-refractivity contribution < 1.29 is 4.39 Å². The summed E-state index contributed by atoms with van der Waals surface area (Å²) in [6.45, 7) is 4.73. The Kier molecular flexibility index (Phi) is 4.34. The molecule has 0 saturated carbocycles. The molecule has 0 radical (unpaired) electrons. The Hall–Kier alpha value is -2.01. The zero-order chi connectivity index (χ0) is 15.5. The van der Waals surface area contributed by atoms with Gasteiger partial charge in [0.05, 0.1) is 0 Å². The molecule has 0 bridgehead atoms. The van der Waals surface area contributed by atoms with Gasteiger partial charge in [-0.05, 0) is 49.4 Å². The first kappa shape index (κ1) is 14.9. The van der Waals surface area contributed by atoms with Crippen LogP contribution in [0, 0.1) is 18.7 Å². The molecular weight excluding hydrogens is 279 g/mol. The molecule has 1 fully saturated rings. The maximum Gasteiger partial charge on any atom is 0.219 e. The van der Waals surface area contributed by atoms with E-state index in [4.69, 9.17) is 5.73 Å². The van der Waals surface area contributed by atoms with E-state index < -0.39 is 0 Å². The fourth-order valence-corrected chi connectivity index (χ4v) is 3.02. The molecule has 1 atom stereocenters. The maximum absolute atomic E-state index is 13.6. The van der Waals surface area contributed by atoms with E-state index in [1.54, 1.807) is 25.4 Å². The van der Waals surface area contributed by atoms with Crippen molar-refractivity contribution in [2.45, 2.75) is 26.3 Å². The monoisotopic (exact) mass is 300 g/mol. The number of hydrogen-bond acceptors (Lipinski definition) is 4. The molecule has 1 aromatic heterocycles. The standard InChI is InChI=1S/C17H21FN4/c1-12-2-3-13(7-16(12)18)6-14-4-5-22(10-14)11-15-8-20-17(19)21-9-15/h2-3,7-9,14H,4-6,10-11H2,1H3,(H2,19,20,21). The SMILES string of the molecule is Cc1ccc(CC2CCN(Cc3cnc(N)nc3)C2)cc1F. The first-order valence-electron chi connectivity index (χ1n) is 7.64. The Bertz CT molecular complexity index is 642. The molecule has 0 amide bonds. The molecular formula is C17H21FN4. The van der Waals surface area contributed by atoms with Crippen LogP contribution in [0.2, 0.25) is 0 Å². The van der Waals surface area contributed by atoms with Gasteiger partial charge in [0, 0.05) is 31.0 Å². The lowest BCUT2D eigenvalue weighted by atomic mass is 9.98. The Morgan fingerprint density at radius 1 is 1.27 bits per heavy atom. The van der Waals surface area contributed by atoms with Gasteiger partial charge in [0.1, 0.15) is 5.82 Å². The van der Waals surface area contributed by atoms with E-state index in [9.17, 15) is 4.39 Å². The summed E-state index contributed by atoms with van der Waals surface area (Å²) in [6.07, 6.45) is 5.65. The van der Waals surface area contributed by atoms with Crippen LogP contribution in [-0.4, -0.2) is 28.0 Å². The molecule has 1 aromatic carbocycles. The maximum atomic E-state index is 13.6. The zero-order valence-electron chi connectivity index (χ0n) is 12.8. The van der Waals surface area contributed by atoms with Gasteiger partial charge >= 0.3 is 0 Å². The molecule has 3 rings (SSSR count). The molecule has 1 unspecified atom stereocenters. The summed E-state index contributed by atoms with van der Waals surface area (Å²) >= 11 is 0. The molecule has 4 nitrogen and oxygen atoms in total. The lowest BCUT2D eigenvalue weighted by molar-refractivity contribution is 0.315. The van der Waals surface area contributed by atoms with Crippen LogP contribution in [0.5, 0.6) is 0 Å². The third kappa shape index (κ3) is 3.60. The van der Waals surface area contributed by atoms with Crippen molar-refractivity contribution in [1.82, 2.24) is 14.9 Å². The third-order valence-electron chi connectivity index (χ3n) is 4.26. The minimum absolute atomic E-state index is 0.105. The fraction of sp³-hybridized carbons (Fsp3) is 0.412. The highest BCUT2D eigenvalue weighted by Gasteiger charge is 2.23. The van der Waals surface area contributed by atoms with Gasteiger partial charge in [0.2, 0.25) is 5.95 Å². The number of anilines is 1. The summed E-state index contributed by atoms with van der Waals surface area (Å²) < 4.78 is 13.6. The number of hydrogen-bond donors (Lipinski definition) is 1. The van der Waals surface area contributed by atoms with E-state index in [2.05, 4.69) is 14.9 Å². The average molecular weight is 300 g/mol. The van der Waals surface area contributed by atoms with E-state index in [0.717, 1.165) is 43.6 Å². The highest BCUT2D eigenvalue weighted by molar-refractivity contribution is 5.24. The Morgan fingerprint density at radius 2 is 2.05 bits per heavy atom. The number of benzene rings is 1. The number of halogens is 1. The van der Waals surface area contributed by atoms with Crippen LogP contribution in [-0.2, 0) is 13.0 Å². The third-order valence-corrected chi connectivity index (χ3v) is 4.26. The van der Waals surface area contributed by atoms with E-state index in [-0.39, 0.29) is 5.82 Å². The molecule has 1 saturated heterocycles. The van der Waals surface area contributed by atoms with E-state index in [1.165, 1.54) is 0 Å². The lowest BCUT2D eigenvalue weighted by Gasteiger charge is -2.16. The predicted octanol–water partition coefficient (Wildman–Crippen LogP) is 2.57. The van der Waals surface area contributed by atoms with Gasteiger partial charge in [-0.1, -0.05) is 12.1 Å². The Balaban J connectivity index is 1.55. The highest BCUT2D eigenvalue weighted by Crippen LogP contribution is 2.23. The quantitative estimate of drug-likeness (QED) is 0.943. The van der Waals surface area contributed by atoms with E-state index in [0.29, 0.717) is 17.4 Å². The average Bonchev–Trinajstić information content (AvgIpc) is 2.93. The highest BCUT2D eigenvalue weighted by atomic mass is 19.1. The van der Waals surface area contributed by atoms with Gasteiger partial charge in [-0.25, -0.2) is 14.4 Å². The molecule has 22 heavy (non-hydrogen) atoms. The van der Waals surface area contributed by atoms with Gasteiger partial charge in [0.25, 0.3) is 0 Å². The van der Waals surface area contributed by atoms with Crippen molar-refractivity contribution in [2.75, 3.05) is 18.8 Å². The number of nitrogen functional groups attached to an aromatic ring is 1. The normalized spacial score (nSPS) is 18.7. The number of nitrogens with zero attached hydrogens (tertiary/aromatic N) is 3. The smallest absolute Gasteiger partial charge is 0.219 e. The summed E-state index contributed by atoms with van der Waals surface area (Å²) in [4.78, 5) is 10.4. The Labute approximate surface area is 130 Å². The van der Waals surface area contributed by atoms with Crippen LogP contribution in [0.25, 0.3) is 0 Å². The van der Waals surface area contributed by atoms with Crippen molar-refractivity contribution in [3.05, 3.63) is 53.1 Å². The van der Waals surface area contributed by atoms with Crippen LogP contribution < -0.4 is 5.73 Å². The minimum atomic E-state index is -0.105. The predicted molar refractivity (Wildman–Crippen MR) is 84.7 cm³/mol. The lowest BCUT2D eigenvalue weighted by Crippen LogP contribution is -2.21. The topological polar surface area (TPSA) is 55.0 Å². The van der Waals surface area contributed by atoms with Gasteiger partial charge in [-0.3, -0.25) is 4.90 Å². The molecule has 2 heterocycles. The summed E-state index contributed by atoms with van der Waals surface area (Å²) in [5.41, 5.74) is 8.38. The van der Waals surface area contributed by atoms with E-state index in [1.807, 2.05) is 12.1 Å². The number of rotatable bonds is 4. The van der Waals surface area contributed by atoms with Crippen LogP contribution in [0.1, 0.15) is 23.1 Å². The fourth-order valence-electron chi connectivity index (χ4n) is 3.02. The minimum Gasteiger partial charge on any atom is -0.368 e. The van der Waals surface area contributed by atoms with Crippen LogP contribution in [0.4, 0.5) is 10.3 Å². The largest absolute Gasteiger partial charge is 0.368 e. The van der Waals surface area contributed by atoms with E-state index >= 15 is 0 Å². The van der Waals surface area contributed by atoms with Crippen molar-refractivity contribution in [2.24, 2.45) is 5.92 Å². The second-order valence-corrected chi connectivity index (χ2v) is 6.13. The van der Waals surface area contributed by atoms with Crippen molar-refractivity contribution >= 4 is 5.95 Å². The van der Waals surface area contributed by atoms with Crippen LogP contribution >= 0.6 is 0 Å². The molecule has 1 aliphatic rings. The number of nitrogens with two attached hydrogens (primary N) is 1. The second kappa shape index (κ2) is 6.40. The first-order valence-corrected chi connectivity index (χ1v) is 7.64. The van der Waals surface area contributed by atoms with Gasteiger partial charge < -0.3 is 5.73 Å². The molecule has 0 aliphatic carbocycles. The number of aromatic nitrogens is 2. The molecule has 2 N–H and O–H groups in total. The Morgan fingerprint density at radius 3 is 2.77 bits per heavy atom. The second-order valence-electron chi connectivity index (χ2n) is 6.13. The molecule has 5 heteroatoms. The van der Waals surface area contributed by atoms with Gasteiger partial charge in [0.15, 0.2) is 0 Å². The van der Waals surface area contributed by atoms with Gasteiger partial charge in [-0.2, -0.15) is 0 Å². The van der Waals surface area contributed by atoms with Gasteiger partial charge in [-0.15, -0.1) is 0 Å². The summed E-state index contributed by atoms with van der Waals surface area (Å²) in [5, 5.41) is 0. The number of aryl methyl sites for hydroxylation is 1. The summed E-state index contributed by atoms with van der Waals surface area (Å²) in [5.74, 6) is 0.785. The summed E-state index contributed by atoms with van der Waals surface area (Å²) in [7, 11) is 0. The summed E-state index contributed by atoms with van der Waals surface area (Å²) in [6, 6.07) is 5.57. The molecule has 0 spiro atoms. The van der Waals surface area contributed by atoms with Crippen molar-refractivity contribution in [3.63, 3.8) is 0 Å². The molecule has 116 valence electrons. The van der Waals surface area contributed by atoms with Crippen LogP contribution in [0.3, 0.4) is 0 Å². The van der Waals surface area contributed by atoms with Crippen molar-refractivity contribution in [3.8, 4) is 0 Å².